The highest BCUT2D eigenvalue weighted by atomic mass is 79.9. The molecule has 3 heterocycles. The molecule has 2 fully saturated rings. The average Bonchev–Trinajstić information content (AvgIpc) is 3.47. The number of imidazole rings is 1. The summed E-state index contributed by atoms with van der Waals surface area (Å²) in [4.78, 5) is 34.5. The fraction of sp³-hybridized carbons (Fsp3) is 0.440. The first kappa shape index (κ1) is 23.4. The molecule has 0 bridgehead atoms. The Bertz CT molecular complexity index is 1200. The molecule has 2 N–H and O–H groups in total. The highest BCUT2D eigenvalue weighted by Gasteiger charge is 2.33. The molecule has 178 valence electrons. The minimum atomic E-state index is -0.133. The second kappa shape index (κ2) is 10.1. The molecular formula is C25H28BrN5O2S. The van der Waals surface area contributed by atoms with E-state index < -0.39 is 0 Å². The Balaban J connectivity index is 1.46. The molecule has 0 radical (unpaired) electrons. The van der Waals surface area contributed by atoms with Crippen LogP contribution in [0, 0.1) is 0 Å². The molecule has 2 aliphatic rings. The van der Waals surface area contributed by atoms with Gasteiger partial charge in [0.05, 0.1) is 20.4 Å². The lowest BCUT2D eigenvalue weighted by Crippen LogP contribution is -2.42. The summed E-state index contributed by atoms with van der Waals surface area (Å²) in [7, 11) is 1.63. The Morgan fingerprint density at radius 2 is 2.03 bits per heavy atom. The van der Waals surface area contributed by atoms with E-state index in [9.17, 15) is 9.59 Å². The molecule has 4 unspecified atom stereocenters. The summed E-state index contributed by atoms with van der Waals surface area (Å²) in [5.74, 6) is 0.829. The SMILES string of the molecule is CNC(=O)c1ccc2c(c1)nc(-c1ccccn1)n2C1CCCC(NC(=O)C2CCC(Br)S2)C1. The molecule has 9 heteroatoms. The van der Waals surface area contributed by atoms with Crippen LogP contribution in [0.3, 0.4) is 0 Å². The lowest BCUT2D eigenvalue weighted by molar-refractivity contribution is -0.121. The lowest BCUT2D eigenvalue weighted by Gasteiger charge is -2.32. The third-order valence-electron chi connectivity index (χ3n) is 6.69. The van der Waals surface area contributed by atoms with Crippen LogP contribution in [0.1, 0.15) is 54.9 Å². The quantitative estimate of drug-likeness (QED) is 0.458. The molecule has 34 heavy (non-hydrogen) atoms. The van der Waals surface area contributed by atoms with Crippen molar-refractivity contribution in [2.75, 3.05) is 7.05 Å². The van der Waals surface area contributed by atoms with Crippen molar-refractivity contribution in [1.29, 1.82) is 0 Å². The molecule has 5 rings (SSSR count). The summed E-state index contributed by atoms with van der Waals surface area (Å²) >= 11 is 5.34. The first-order chi connectivity index (χ1) is 16.5. The summed E-state index contributed by atoms with van der Waals surface area (Å²) in [6, 6.07) is 11.8. The van der Waals surface area contributed by atoms with Gasteiger partial charge in [0.25, 0.3) is 5.91 Å². The molecule has 7 nitrogen and oxygen atoms in total. The highest BCUT2D eigenvalue weighted by Crippen LogP contribution is 2.39. The number of rotatable bonds is 5. The van der Waals surface area contributed by atoms with Gasteiger partial charge in [0.1, 0.15) is 5.69 Å². The average molecular weight is 543 g/mol. The molecule has 1 aliphatic heterocycles. The van der Waals surface area contributed by atoms with Gasteiger partial charge >= 0.3 is 0 Å². The van der Waals surface area contributed by atoms with Crippen molar-refractivity contribution in [1.82, 2.24) is 25.2 Å². The zero-order valence-corrected chi connectivity index (χ0v) is 21.4. The molecule has 1 aliphatic carbocycles. The van der Waals surface area contributed by atoms with Crippen LogP contribution in [0.25, 0.3) is 22.6 Å². The van der Waals surface area contributed by atoms with E-state index in [-0.39, 0.29) is 29.1 Å². The van der Waals surface area contributed by atoms with Crippen LogP contribution in [-0.2, 0) is 4.79 Å². The van der Waals surface area contributed by atoms with Crippen LogP contribution in [0.2, 0.25) is 0 Å². The molecule has 1 saturated carbocycles. The molecule has 1 saturated heterocycles. The minimum absolute atomic E-state index is 0.0334. The van der Waals surface area contributed by atoms with Gasteiger partial charge < -0.3 is 15.2 Å². The van der Waals surface area contributed by atoms with E-state index in [0.29, 0.717) is 9.72 Å². The Labute approximate surface area is 211 Å². The van der Waals surface area contributed by atoms with Crippen LogP contribution in [0.5, 0.6) is 0 Å². The van der Waals surface area contributed by atoms with Gasteiger partial charge in [-0.3, -0.25) is 14.6 Å². The maximum Gasteiger partial charge on any atom is 0.251 e. The summed E-state index contributed by atoms with van der Waals surface area (Å²) < 4.78 is 2.64. The lowest BCUT2D eigenvalue weighted by atomic mass is 9.90. The van der Waals surface area contributed by atoms with Crippen molar-refractivity contribution in [2.45, 2.75) is 60.0 Å². The number of aromatic nitrogens is 3. The number of nitrogens with zero attached hydrogens (tertiary/aromatic N) is 3. The topological polar surface area (TPSA) is 88.9 Å². The van der Waals surface area contributed by atoms with Crippen molar-refractivity contribution >= 4 is 50.5 Å². The van der Waals surface area contributed by atoms with Crippen molar-refractivity contribution in [3.63, 3.8) is 0 Å². The molecule has 4 atom stereocenters. The fourth-order valence-electron chi connectivity index (χ4n) is 5.04. The van der Waals surface area contributed by atoms with Crippen LogP contribution >= 0.6 is 27.7 Å². The van der Waals surface area contributed by atoms with Crippen molar-refractivity contribution in [3.8, 4) is 11.5 Å². The number of amides is 2. The number of carbonyl (C=O) groups is 2. The largest absolute Gasteiger partial charge is 0.355 e. The Hall–Kier alpha value is -2.39. The number of thioether (sulfide) groups is 1. The van der Waals surface area contributed by atoms with Gasteiger partial charge in [-0.1, -0.05) is 22.0 Å². The van der Waals surface area contributed by atoms with E-state index in [4.69, 9.17) is 4.98 Å². The predicted octanol–water partition coefficient (Wildman–Crippen LogP) is 4.67. The summed E-state index contributed by atoms with van der Waals surface area (Å²) in [6.45, 7) is 0. The maximum absolute atomic E-state index is 12.9. The number of hydrogen-bond donors (Lipinski definition) is 2. The Morgan fingerprint density at radius 3 is 2.76 bits per heavy atom. The van der Waals surface area contributed by atoms with Gasteiger partial charge in [0, 0.05) is 30.9 Å². The Morgan fingerprint density at radius 1 is 1.15 bits per heavy atom. The van der Waals surface area contributed by atoms with Gasteiger partial charge in [-0.05, 0) is 68.9 Å². The van der Waals surface area contributed by atoms with E-state index in [0.717, 1.165) is 61.1 Å². The second-order valence-electron chi connectivity index (χ2n) is 8.94. The predicted molar refractivity (Wildman–Crippen MR) is 139 cm³/mol. The molecule has 2 amide bonds. The minimum Gasteiger partial charge on any atom is -0.355 e. The number of hydrogen-bond acceptors (Lipinski definition) is 5. The first-order valence-electron chi connectivity index (χ1n) is 11.8. The third-order valence-corrected chi connectivity index (χ3v) is 9.11. The Kier molecular flexibility index (Phi) is 6.92. The zero-order chi connectivity index (χ0) is 23.7. The normalized spacial score (nSPS) is 24.8. The van der Waals surface area contributed by atoms with Crippen LogP contribution in [-0.4, -0.2) is 48.8 Å². The summed E-state index contributed by atoms with van der Waals surface area (Å²) in [6.07, 6.45) is 7.61. The third kappa shape index (κ3) is 4.73. The molecule has 1 aromatic carbocycles. The molecule has 3 aromatic rings. The van der Waals surface area contributed by atoms with Crippen LogP contribution in [0.4, 0.5) is 0 Å². The summed E-state index contributed by atoms with van der Waals surface area (Å²) in [5.41, 5.74) is 3.15. The number of benzene rings is 1. The number of pyridine rings is 1. The van der Waals surface area contributed by atoms with Gasteiger partial charge in [-0.2, -0.15) is 0 Å². The zero-order valence-electron chi connectivity index (χ0n) is 19.0. The van der Waals surface area contributed by atoms with E-state index in [1.165, 1.54) is 0 Å². The smallest absolute Gasteiger partial charge is 0.251 e. The van der Waals surface area contributed by atoms with Crippen molar-refractivity contribution in [3.05, 3.63) is 48.2 Å². The number of halogens is 1. The van der Waals surface area contributed by atoms with Gasteiger partial charge in [-0.15, -0.1) is 11.8 Å². The fourth-order valence-corrected chi connectivity index (χ4v) is 7.18. The molecule has 2 aromatic heterocycles. The monoisotopic (exact) mass is 541 g/mol. The second-order valence-corrected chi connectivity index (χ2v) is 12.1. The van der Waals surface area contributed by atoms with Gasteiger partial charge in [0.15, 0.2) is 5.82 Å². The number of alkyl halides is 1. The molecule has 0 spiro atoms. The summed E-state index contributed by atoms with van der Waals surface area (Å²) in [5, 5.41) is 6.04. The first-order valence-corrected chi connectivity index (χ1v) is 13.6. The van der Waals surface area contributed by atoms with E-state index in [1.54, 1.807) is 25.0 Å². The van der Waals surface area contributed by atoms with Gasteiger partial charge in [0.2, 0.25) is 5.91 Å². The van der Waals surface area contributed by atoms with Crippen molar-refractivity contribution < 1.29 is 9.59 Å². The van der Waals surface area contributed by atoms with Crippen LogP contribution in [0.15, 0.2) is 42.6 Å². The van der Waals surface area contributed by atoms with Gasteiger partial charge in [-0.25, -0.2) is 4.98 Å². The van der Waals surface area contributed by atoms with Crippen LogP contribution < -0.4 is 10.6 Å². The number of fused-ring (bicyclic) bond motifs is 1. The maximum atomic E-state index is 12.9. The highest BCUT2D eigenvalue weighted by molar-refractivity contribution is 9.11. The van der Waals surface area contributed by atoms with E-state index >= 15 is 0 Å². The standard InChI is InChI=1S/C25H28BrN5O2S/c1-27-24(32)15-8-9-20-19(13-15)30-23(18-7-2-3-12-28-18)31(20)17-6-4-5-16(14-17)29-25(33)21-10-11-22(26)34-21/h2-3,7-9,12-13,16-17,21-22H,4-6,10-11,14H2,1H3,(H,27,32)(H,29,33). The van der Waals surface area contributed by atoms with Crippen molar-refractivity contribution in [2.24, 2.45) is 0 Å². The molecular weight excluding hydrogens is 514 g/mol. The number of carbonyl (C=O) groups excluding carboxylic acids is 2. The van der Waals surface area contributed by atoms with E-state index in [1.807, 2.05) is 36.4 Å². The number of nitrogens with one attached hydrogen (secondary N) is 2. The van der Waals surface area contributed by atoms with E-state index in [2.05, 4.69) is 36.1 Å².